The highest BCUT2D eigenvalue weighted by Gasteiger charge is 2.37. The van der Waals surface area contributed by atoms with Crippen LogP contribution in [-0.4, -0.2) is 49.7 Å². The van der Waals surface area contributed by atoms with Crippen LogP contribution in [0.15, 0.2) is 39.6 Å². The van der Waals surface area contributed by atoms with E-state index in [0.717, 1.165) is 0 Å². The predicted octanol–water partition coefficient (Wildman–Crippen LogP) is 3.69. The van der Waals surface area contributed by atoms with Crippen molar-refractivity contribution in [1.29, 1.82) is 0 Å². The highest BCUT2D eigenvalue weighted by Crippen LogP contribution is 2.56. The summed E-state index contributed by atoms with van der Waals surface area (Å²) >= 11 is 5.96. The molecule has 0 aliphatic carbocycles. The van der Waals surface area contributed by atoms with Gasteiger partial charge in [-0.1, -0.05) is 17.5 Å². The Kier molecular flexibility index (Phi) is 7.52. The first-order chi connectivity index (χ1) is 14.8. The molecule has 0 aromatic heterocycles. The lowest BCUT2D eigenvalue weighted by Gasteiger charge is -2.31. The van der Waals surface area contributed by atoms with Crippen molar-refractivity contribution in [2.45, 2.75) is 25.6 Å². The molecule has 31 heavy (non-hydrogen) atoms. The van der Waals surface area contributed by atoms with Crippen LogP contribution in [0.5, 0.6) is 0 Å². The average Bonchev–Trinajstić information content (AvgIpc) is 3.15. The van der Waals surface area contributed by atoms with E-state index in [9.17, 15) is 8.96 Å². The van der Waals surface area contributed by atoms with Crippen molar-refractivity contribution >= 4 is 31.4 Å². The van der Waals surface area contributed by atoms with Gasteiger partial charge in [-0.2, -0.15) is 0 Å². The van der Waals surface area contributed by atoms with E-state index in [-0.39, 0.29) is 25.1 Å². The molecule has 2 heterocycles. The third-order valence-electron chi connectivity index (χ3n) is 4.64. The summed E-state index contributed by atoms with van der Waals surface area (Å²) in [7, 11) is -2.06. The summed E-state index contributed by atoms with van der Waals surface area (Å²) in [5.74, 6) is 2.55. The number of halogens is 2. The monoisotopic (exact) mass is 468 g/mol. The molecule has 1 aromatic rings. The molecular weight excluding hydrogens is 446 g/mol. The van der Waals surface area contributed by atoms with Crippen LogP contribution in [0.25, 0.3) is 0 Å². The smallest absolute Gasteiger partial charge is 0.356 e. The van der Waals surface area contributed by atoms with Crippen molar-refractivity contribution in [2.75, 3.05) is 26.5 Å². The Bertz CT molecular complexity index is 1020. The van der Waals surface area contributed by atoms with E-state index in [0.29, 0.717) is 28.7 Å². The summed E-state index contributed by atoms with van der Waals surface area (Å²) < 4.78 is 43.8. The molecule has 2 aliphatic rings. The molecule has 1 fully saturated rings. The number of terminal acetylenes is 1. The summed E-state index contributed by atoms with van der Waals surface area (Å²) in [6.07, 6.45) is 5.55. The number of rotatable bonds is 6. The zero-order valence-electron chi connectivity index (χ0n) is 17.1. The zero-order chi connectivity index (χ0) is 22.6. The maximum atomic E-state index is 14.2. The molecule has 0 radical (unpaired) electrons. The first-order valence-corrected chi connectivity index (χ1v) is 11.6. The molecule has 8 nitrogen and oxygen atoms in total. The van der Waals surface area contributed by atoms with Gasteiger partial charge in [-0.25, -0.2) is 9.38 Å². The minimum absolute atomic E-state index is 0.118. The van der Waals surface area contributed by atoms with Crippen LogP contribution in [0, 0.1) is 18.2 Å². The topological polar surface area (TPSA) is 98.7 Å². The molecule has 0 amide bonds. The number of nitrogens with zero attached hydrogens (tertiary/aromatic N) is 3. The maximum Gasteiger partial charge on any atom is 0.356 e. The molecular formula is C20H23ClFN4O4P. The second kappa shape index (κ2) is 9.94. The van der Waals surface area contributed by atoms with Crippen LogP contribution in [-0.2, 0) is 18.3 Å². The second-order valence-corrected chi connectivity index (χ2v) is 9.30. The van der Waals surface area contributed by atoms with Gasteiger partial charge in [0, 0.05) is 29.8 Å². The highest BCUT2D eigenvalue weighted by atomic mass is 35.5. The molecule has 1 saturated heterocycles. The third-order valence-corrected chi connectivity index (χ3v) is 6.49. The van der Waals surface area contributed by atoms with E-state index in [1.807, 2.05) is 0 Å². The summed E-state index contributed by atoms with van der Waals surface area (Å²) in [5.41, 5.74) is 7.12. The van der Waals surface area contributed by atoms with E-state index in [4.69, 9.17) is 37.5 Å². The van der Waals surface area contributed by atoms with E-state index >= 15 is 0 Å². The van der Waals surface area contributed by atoms with Crippen molar-refractivity contribution in [3.63, 3.8) is 0 Å². The summed E-state index contributed by atoms with van der Waals surface area (Å²) in [5, 5.41) is 0.353. The summed E-state index contributed by atoms with van der Waals surface area (Å²) in [4.78, 5) is 10.1. The van der Waals surface area contributed by atoms with Gasteiger partial charge in [0.25, 0.3) is 0 Å². The lowest BCUT2D eigenvalue weighted by atomic mass is 10.1. The fourth-order valence-corrected chi connectivity index (χ4v) is 4.88. The van der Waals surface area contributed by atoms with E-state index < -0.39 is 25.6 Å². The maximum absolute atomic E-state index is 14.2. The van der Waals surface area contributed by atoms with Crippen LogP contribution in [0.4, 0.5) is 4.39 Å². The van der Waals surface area contributed by atoms with Crippen LogP contribution in [0.3, 0.4) is 0 Å². The van der Waals surface area contributed by atoms with Crippen LogP contribution >= 0.6 is 19.2 Å². The number of benzene rings is 1. The number of hydrogen-bond donors (Lipinski definition) is 1. The van der Waals surface area contributed by atoms with Crippen LogP contribution in [0.1, 0.15) is 25.0 Å². The molecule has 2 aliphatic heterocycles. The molecule has 0 bridgehead atoms. The average molecular weight is 469 g/mol. The largest absolute Gasteiger partial charge is 0.400 e. The van der Waals surface area contributed by atoms with Crippen molar-refractivity contribution in [3.05, 3.63) is 46.0 Å². The lowest BCUT2D eigenvalue weighted by Crippen LogP contribution is -2.35. The van der Waals surface area contributed by atoms with E-state index in [2.05, 4.69) is 15.9 Å². The van der Waals surface area contributed by atoms with Gasteiger partial charge in [0.15, 0.2) is 12.2 Å². The fourth-order valence-electron chi connectivity index (χ4n) is 3.15. The van der Waals surface area contributed by atoms with Crippen molar-refractivity contribution in [1.82, 2.24) is 4.90 Å². The Balaban J connectivity index is 1.64. The minimum Gasteiger partial charge on any atom is -0.400 e. The highest BCUT2D eigenvalue weighted by molar-refractivity contribution is 7.53. The van der Waals surface area contributed by atoms with Crippen molar-refractivity contribution in [2.24, 2.45) is 15.7 Å². The molecule has 166 valence electrons. The van der Waals surface area contributed by atoms with Gasteiger partial charge < -0.3 is 19.9 Å². The normalized spacial score (nSPS) is 27.4. The lowest BCUT2D eigenvalue weighted by molar-refractivity contribution is 0.0447. The van der Waals surface area contributed by atoms with Crippen LogP contribution in [0.2, 0.25) is 5.02 Å². The second-order valence-electron chi connectivity index (χ2n) is 6.92. The first kappa shape index (κ1) is 23.5. The van der Waals surface area contributed by atoms with E-state index in [1.54, 1.807) is 25.2 Å². The SMILES string of the molecule is C#C[C@H](CN1C=NC(=C(/C)N)/C1=N\C)OC[P@]1(=O)OCC[C@@H](c2cc(Cl)ccc2F)O1. The Labute approximate surface area is 185 Å². The quantitative estimate of drug-likeness (QED) is 0.505. The van der Waals surface area contributed by atoms with Crippen LogP contribution < -0.4 is 5.73 Å². The van der Waals surface area contributed by atoms with Gasteiger partial charge in [0.05, 0.1) is 25.6 Å². The van der Waals surface area contributed by atoms with E-state index in [1.165, 1.54) is 18.2 Å². The molecule has 0 unspecified atom stereocenters. The fraction of sp³-hybridized carbons (Fsp3) is 0.400. The molecule has 1 aromatic carbocycles. The Hall–Kier alpha value is -2.21. The zero-order valence-corrected chi connectivity index (χ0v) is 18.8. The molecule has 2 N–H and O–H groups in total. The standard InChI is InChI=1S/C20H23ClFN4O4P/c1-4-15(10-26-11-25-19(13(2)23)20(26)24-3)28-12-31(27)29-8-7-18(30-31)16-9-14(21)5-6-17(16)22/h1,5-6,9,11,15,18H,7-8,10,12,23H2,2-3H3/b19-13-,24-20+/t15-,18+,31+/m1/s1. The number of hydrogen-bond acceptors (Lipinski definition) is 7. The van der Waals surface area contributed by atoms with Gasteiger partial charge in [-0.15, -0.1) is 6.42 Å². The number of aliphatic imine (C=N–C) groups is 2. The van der Waals surface area contributed by atoms with Crippen molar-refractivity contribution in [3.8, 4) is 12.3 Å². The Morgan fingerprint density at radius 2 is 2.39 bits per heavy atom. The molecule has 3 rings (SSSR count). The predicted molar refractivity (Wildman–Crippen MR) is 117 cm³/mol. The third kappa shape index (κ3) is 5.53. The number of ether oxygens (including phenoxy) is 1. The Morgan fingerprint density at radius 1 is 1.61 bits per heavy atom. The molecule has 3 atom stereocenters. The molecule has 0 saturated carbocycles. The summed E-state index contributed by atoms with van der Waals surface area (Å²) in [6, 6.07) is 4.12. The van der Waals surface area contributed by atoms with Gasteiger partial charge in [-0.3, -0.25) is 14.1 Å². The molecule has 11 heteroatoms. The number of allylic oxidation sites excluding steroid dienone is 1. The van der Waals surface area contributed by atoms with Gasteiger partial charge in [-0.05, 0) is 25.1 Å². The first-order valence-electron chi connectivity index (χ1n) is 9.45. The summed E-state index contributed by atoms with van der Waals surface area (Å²) in [6.45, 7) is 2.04. The number of amidine groups is 1. The Morgan fingerprint density at radius 3 is 3.06 bits per heavy atom. The minimum atomic E-state index is -3.67. The number of nitrogens with two attached hydrogens (primary N) is 1. The van der Waals surface area contributed by atoms with Gasteiger partial charge >= 0.3 is 7.60 Å². The van der Waals surface area contributed by atoms with Crippen molar-refractivity contribution < 1.29 is 22.7 Å². The molecule has 0 spiro atoms. The van der Waals surface area contributed by atoms with Gasteiger partial charge in [0.2, 0.25) is 0 Å². The van der Waals surface area contributed by atoms with Gasteiger partial charge in [0.1, 0.15) is 17.6 Å².